The largest absolute Gasteiger partial charge is 0.424 e. The Morgan fingerprint density at radius 2 is 1.30 bits per heavy atom. The van der Waals surface area contributed by atoms with Gasteiger partial charge in [0.2, 0.25) is 6.17 Å². The summed E-state index contributed by atoms with van der Waals surface area (Å²) in [6, 6.07) is 9.32. The minimum atomic E-state index is -5.35. The van der Waals surface area contributed by atoms with E-state index in [4.69, 9.17) is 0 Å². The second-order valence-electron chi connectivity index (χ2n) is 4.12. The van der Waals surface area contributed by atoms with E-state index in [1.807, 2.05) is 0 Å². The van der Waals surface area contributed by atoms with Crippen LogP contribution in [0, 0.1) is 11.6 Å². The summed E-state index contributed by atoms with van der Waals surface area (Å²) >= 11 is 0. The predicted molar refractivity (Wildman–Crippen MR) is 61.7 cm³/mol. The van der Waals surface area contributed by atoms with Crippen molar-refractivity contribution in [2.45, 2.75) is 12.3 Å². The van der Waals surface area contributed by atoms with Gasteiger partial charge in [-0.15, -0.1) is 0 Å². The Labute approximate surface area is 110 Å². The number of halogens is 6. The third kappa shape index (κ3) is 2.79. The van der Waals surface area contributed by atoms with E-state index in [0.717, 1.165) is 0 Å². The lowest BCUT2D eigenvalue weighted by atomic mass is 10.0. The van der Waals surface area contributed by atoms with Gasteiger partial charge in [0, 0.05) is 0 Å². The highest BCUT2D eigenvalue weighted by Gasteiger charge is 2.44. The van der Waals surface area contributed by atoms with E-state index in [1.54, 1.807) is 18.2 Å². The monoisotopic (exact) mass is 290 g/mol. The van der Waals surface area contributed by atoms with Gasteiger partial charge in [-0.3, -0.25) is 0 Å². The highest BCUT2D eigenvalue weighted by Crippen LogP contribution is 2.39. The highest BCUT2D eigenvalue weighted by molar-refractivity contribution is 5.64. The molecular formula is C14H8F6. The average Bonchev–Trinajstić information content (AvgIpc) is 2.37. The fourth-order valence-corrected chi connectivity index (χ4v) is 1.79. The van der Waals surface area contributed by atoms with E-state index in [-0.39, 0.29) is 5.56 Å². The number of hydrogen-bond acceptors (Lipinski definition) is 0. The molecule has 20 heavy (non-hydrogen) atoms. The zero-order chi connectivity index (χ0) is 14.9. The van der Waals surface area contributed by atoms with Crippen molar-refractivity contribution >= 4 is 0 Å². The third-order valence-corrected chi connectivity index (χ3v) is 2.73. The minimum Gasteiger partial charge on any atom is -0.232 e. The van der Waals surface area contributed by atoms with Crippen LogP contribution < -0.4 is 0 Å². The molecule has 0 heterocycles. The lowest BCUT2D eigenvalue weighted by Crippen LogP contribution is -2.19. The molecule has 0 aliphatic carbocycles. The number of alkyl halides is 4. The summed E-state index contributed by atoms with van der Waals surface area (Å²) in [4.78, 5) is 0. The third-order valence-electron chi connectivity index (χ3n) is 2.73. The van der Waals surface area contributed by atoms with Gasteiger partial charge < -0.3 is 0 Å². The van der Waals surface area contributed by atoms with Crippen LogP contribution in [0.3, 0.4) is 0 Å². The van der Waals surface area contributed by atoms with Crippen molar-refractivity contribution in [3.8, 4) is 11.1 Å². The van der Waals surface area contributed by atoms with Crippen molar-refractivity contribution in [3.05, 3.63) is 59.7 Å². The summed E-state index contributed by atoms with van der Waals surface area (Å²) in [6.45, 7) is 0. The number of hydrogen-bond donors (Lipinski definition) is 0. The van der Waals surface area contributed by atoms with Crippen LogP contribution in [0.1, 0.15) is 11.7 Å². The zero-order valence-corrected chi connectivity index (χ0v) is 9.89. The second kappa shape index (κ2) is 5.19. The van der Waals surface area contributed by atoms with Gasteiger partial charge >= 0.3 is 6.18 Å². The summed E-state index contributed by atoms with van der Waals surface area (Å²) < 4.78 is 76.9. The molecule has 2 aromatic carbocycles. The maximum Gasteiger partial charge on any atom is 0.424 e. The van der Waals surface area contributed by atoms with Crippen LogP contribution in [0.15, 0.2) is 42.5 Å². The maximum atomic E-state index is 13.6. The fourth-order valence-electron chi connectivity index (χ4n) is 1.79. The first-order valence-corrected chi connectivity index (χ1v) is 5.56. The quantitative estimate of drug-likeness (QED) is 0.666. The molecule has 0 N–H and O–H groups in total. The number of rotatable bonds is 2. The molecule has 0 saturated heterocycles. The molecule has 1 atom stereocenters. The van der Waals surface area contributed by atoms with E-state index in [0.29, 0.717) is 17.7 Å². The molecule has 0 saturated carbocycles. The van der Waals surface area contributed by atoms with Crippen molar-refractivity contribution in [1.82, 2.24) is 0 Å². The van der Waals surface area contributed by atoms with Gasteiger partial charge in [0.25, 0.3) is 0 Å². The Hall–Kier alpha value is -1.98. The molecule has 0 spiro atoms. The average molecular weight is 290 g/mol. The van der Waals surface area contributed by atoms with E-state index < -0.39 is 29.5 Å². The van der Waals surface area contributed by atoms with E-state index in [2.05, 4.69) is 0 Å². The van der Waals surface area contributed by atoms with Crippen LogP contribution in [0.5, 0.6) is 0 Å². The first-order chi connectivity index (χ1) is 9.30. The molecule has 0 fully saturated rings. The van der Waals surface area contributed by atoms with Gasteiger partial charge in [-0.05, 0) is 23.3 Å². The molecule has 106 valence electrons. The van der Waals surface area contributed by atoms with Crippen molar-refractivity contribution in [1.29, 1.82) is 0 Å². The second-order valence-corrected chi connectivity index (χ2v) is 4.12. The number of benzene rings is 2. The molecule has 2 aromatic rings. The van der Waals surface area contributed by atoms with Crippen LogP contribution in [0.2, 0.25) is 0 Å². The normalized spacial score (nSPS) is 13.3. The van der Waals surface area contributed by atoms with Crippen LogP contribution in [0.25, 0.3) is 11.1 Å². The van der Waals surface area contributed by atoms with Gasteiger partial charge in [-0.1, -0.05) is 30.3 Å². The van der Waals surface area contributed by atoms with E-state index in [9.17, 15) is 26.3 Å². The Balaban J connectivity index is 2.50. The van der Waals surface area contributed by atoms with Gasteiger partial charge in [0.1, 0.15) is 11.6 Å². The molecule has 6 heteroatoms. The molecule has 0 bridgehead atoms. The van der Waals surface area contributed by atoms with Gasteiger partial charge in [0.05, 0.1) is 5.56 Å². The molecule has 0 amide bonds. The van der Waals surface area contributed by atoms with Crippen molar-refractivity contribution in [2.24, 2.45) is 0 Å². The maximum absolute atomic E-state index is 13.6. The summed E-state index contributed by atoms with van der Waals surface area (Å²) in [5, 5.41) is 0. The fraction of sp³-hybridized carbons (Fsp3) is 0.143. The van der Waals surface area contributed by atoms with Crippen molar-refractivity contribution < 1.29 is 26.3 Å². The minimum absolute atomic E-state index is 0.0405. The highest BCUT2D eigenvalue weighted by atomic mass is 19.4. The van der Waals surface area contributed by atoms with E-state index in [1.165, 1.54) is 12.1 Å². The smallest absolute Gasteiger partial charge is 0.232 e. The van der Waals surface area contributed by atoms with Crippen molar-refractivity contribution in [3.63, 3.8) is 0 Å². The Kier molecular flexibility index (Phi) is 3.74. The zero-order valence-electron chi connectivity index (χ0n) is 9.89. The standard InChI is InChI=1S/C14H8F6/c15-10-6-9(8-4-2-1-3-5-8)7-11(16)12(10)13(17)14(18,19)20/h1-7,13H. The van der Waals surface area contributed by atoms with Gasteiger partial charge in [-0.25, -0.2) is 13.2 Å². The Bertz CT molecular complexity index is 580. The molecule has 0 aromatic heterocycles. The summed E-state index contributed by atoms with van der Waals surface area (Å²) in [7, 11) is 0. The SMILES string of the molecule is Fc1cc(-c2ccccc2)cc(F)c1C(F)C(F)(F)F. The topological polar surface area (TPSA) is 0 Å². The predicted octanol–water partition coefficient (Wildman–Crippen LogP) is 5.20. The van der Waals surface area contributed by atoms with Gasteiger partial charge in [0.15, 0.2) is 0 Å². The van der Waals surface area contributed by atoms with Crippen LogP contribution in [-0.4, -0.2) is 6.18 Å². The molecule has 0 aliphatic heterocycles. The molecule has 0 nitrogen and oxygen atoms in total. The summed E-state index contributed by atoms with van der Waals surface area (Å²) in [5.41, 5.74) is -1.16. The van der Waals surface area contributed by atoms with E-state index >= 15 is 0 Å². The molecule has 0 radical (unpaired) electrons. The van der Waals surface area contributed by atoms with Crippen molar-refractivity contribution in [2.75, 3.05) is 0 Å². The van der Waals surface area contributed by atoms with Crippen LogP contribution in [0.4, 0.5) is 26.3 Å². The molecule has 0 aliphatic rings. The van der Waals surface area contributed by atoms with Crippen LogP contribution in [-0.2, 0) is 0 Å². The Morgan fingerprint density at radius 1 is 0.800 bits per heavy atom. The Morgan fingerprint density at radius 3 is 1.75 bits per heavy atom. The first-order valence-electron chi connectivity index (χ1n) is 5.56. The summed E-state index contributed by atoms with van der Waals surface area (Å²) in [5.74, 6) is -3.12. The molecular weight excluding hydrogens is 282 g/mol. The first kappa shape index (κ1) is 14.4. The lowest BCUT2D eigenvalue weighted by molar-refractivity contribution is -0.184. The lowest BCUT2D eigenvalue weighted by Gasteiger charge is -2.15. The van der Waals surface area contributed by atoms with Crippen LogP contribution >= 0.6 is 0 Å². The molecule has 1 unspecified atom stereocenters. The van der Waals surface area contributed by atoms with Gasteiger partial charge in [-0.2, -0.15) is 13.2 Å². The molecule has 2 rings (SSSR count). The summed E-state index contributed by atoms with van der Waals surface area (Å²) in [6.07, 6.45) is -9.04.